The Morgan fingerprint density at radius 2 is 2.06 bits per heavy atom. The van der Waals surface area contributed by atoms with Gasteiger partial charge in [0, 0.05) is 13.1 Å². The third-order valence-corrected chi connectivity index (χ3v) is 3.40. The van der Waals surface area contributed by atoms with Crippen molar-refractivity contribution in [2.45, 2.75) is 32.3 Å². The Bertz CT molecular complexity index is 323. The molecule has 2 heteroatoms. The van der Waals surface area contributed by atoms with Crippen molar-refractivity contribution in [1.29, 1.82) is 0 Å². The highest BCUT2D eigenvalue weighted by Gasteiger charge is 2.23. The van der Waals surface area contributed by atoms with Crippen molar-refractivity contribution >= 4 is 0 Å². The van der Waals surface area contributed by atoms with Crippen molar-refractivity contribution in [1.82, 2.24) is 4.90 Å². The average molecular weight is 233 g/mol. The van der Waals surface area contributed by atoms with Gasteiger partial charge < -0.3 is 9.64 Å². The van der Waals surface area contributed by atoms with E-state index in [4.69, 9.17) is 4.74 Å². The van der Waals surface area contributed by atoms with Gasteiger partial charge in [0.1, 0.15) is 0 Å². The molecule has 0 radical (unpaired) electrons. The van der Waals surface area contributed by atoms with Crippen LogP contribution in [-0.4, -0.2) is 37.2 Å². The van der Waals surface area contributed by atoms with E-state index in [1.807, 2.05) is 0 Å². The molecule has 0 spiro atoms. The zero-order valence-electron chi connectivity index (χ0n) is 10.9. The second-order valence-electron chi connectivity index (χ2n) is 5.12. The molecule has 1 aromatic carbocycles. The lowest BCUT2D eigenvalue weighted by Crippen LogP contribution is -2.26. The molecule has 1 fully saturated rings. The van der Waals surface area contributed by atoms with Gasteiger partial charge in [-0.1, -0.05) is 30.3 Å². The molecule has 2 nitrogen and oxygen atoms in total. The number of nitrogens with zero attached hydrogens (tertiary/aromatic N) is 1. The number of ether oxygens (including phenoxy) is 1. The Labute approximate surface area is 105 Å². The second kappa shape index (κ2) is 6.18. The molecule has 1 saturated heterocycles. The zero-order valence-corrected chi connectivity index (χ0v) is 10.9. The smallest absolute Gasteiger partial charge is 0.0596 e. The van der Waals surface area contributed by atoms with E-state index in [0.29, 0.717) is 6.10 Å². The second-order valence-corrected chi connectivity index (χ2v) is 5.12. The predicted octanol–water partition coefficient (Wildman–Crippen LogP) is 2.90. The number of rotatable bonds is 5. The molecule has 0 amide bonds. The van der Waals surface area contributed by atoms with Gasteiger partial charge in [0.2, 0.25) is 0 Å². The summed E-state index contributed by atoms with van der Waals surface area (Å²) in [6, 6.07) is 10.9. The summed E-state index contributed by atoms with van der Waals surface area (Å²) in [5.41, 5.74) is 1.49. The van der Waals surface area contributed by atoms with Gasteiger partial charge in [0.15, 0.2) is 0 Å². The molecule has 0 N–H and O–H groups in total. The molecule has 1 aliphatic rings. The minimum atomic E-state index is 0.350. The van der Waals surface area contributed by atoms with Crippen molar-refractivity contribution in [3.63, 3.8) is 0 Å². The summed E-state index contributed by atoms with van der Waals surface area (Å²) in [4.78, 5) is 2.51. The van der Waals surface area contributed by atoms with Crippen LogP contribution in [0, 0.1) is 0 Å². The number of hydrogen-bond donors (Lipinski definition) is 0. The Morgan fingerprint density at radius 1 is 1.29 bits per heavy atom. The summed E-state index contributed by atoms with van der Waals surface area (Å²) >= 11 is 0. The fourth-order valence-electron chi connectivity index (χ4n) is 2.45. The molecule has 1 aromatic rings. The summed E-state index contributed by atoms with van der Waals surface area (Å²) in [6.45, 7) is 8.51. The van der Waals surface area contributed by atoms with Crippen LogP contribution in [0.1, 0.15) is 31.7 Å². The number of benzene rings is 1. The van der Waals surface area contributed by atoms with Gasteiger partial charge in [-0.15, -0.1) is 0 Å². The van der Waals surface area contributed by atoms with Gasteiger partial charge in [-0.25, -0.2) is 0 Å². The Morgan fingerprint density at radius 3 is 2.76 bits per heavy atom. The van der Waals surface area contributed by atoms with Gasteiger partial charge in [-0.2, -0.15) is 0 Å². The molecule has 0 aliphatic carbocycles. The maximum absolute atomic E-state index is 5.60. The number of hydrogen-bond acceptors (Lipinski definition) is 2. The third kappa shape index (κ3) is 3.83. The standard InChI is InChI=1S/C15H23NO/c1-13(2)17-11-10-16-9-8-15(12-16)14-6-4-3-5-7-14/h3-7,13,15H,8-12H2,1-2H3/t15-/m0/s1. The van der Waals surface area contributed by atoms with E-state index in [0.717, 1.165) is 19.1 Å². The largest absolute Gasteiger partial charge is 0.377 e. The molecule has 17 heavy (non-hydrogen) atoms. The van der Waals surface area contributed by atoms with Crippen molar-refractivity contribution in [3.05, 3.63) is 35.9 Å². The van der Waals surface area contributed by atoms with Crippen LogP contribution in [0.4, 0.5) is 0 Å². The molecular formula is C15H23NO. The monoisotopic (exact) mass is 233 g/mol. The maximum Gasteiger partial charge on any atom is 0.0596 e. The fraction of sp³-hybridized carbons (Fsp3) is 0.600. The van der Waals surface area contributed by atoms with E-state index in [2.05, 4.69) is 49.1 Å². The topological polar surface area (TPSA) is 12.5 Å². The van der Waals surface area contributed by atoms with E-state index < -0.39 is 0 Å². The van der Waals surface area contributed by atoms with Crippen LogP contribution in [-0.2, 0) is 4.74 Å². The van der Waals surface area contributed by atoms with Crippen LogP contribution in [0.5, 0.6) is 0 Å². The Hall–Kier alpha value is -0.860. The molecular weight excluding hydrogens is 210 g/mol. The lowest BCUT2D eigenvalue weighted by molar-refractivity contribution is 0.0633. The molecule has 2 rings (SSSR count). The SMILES string of the molecule is CC(C)OCCN1CC[C@H](c2ccccc2)C1. The van der Waals surface area contributed by atoms with Gasteiger partial charge in [-0.05, 0) is 38.3 Å². The van der Waals surface area contributed by atoms with E-state index in [1.54, 1.807) is 0 Å². The molecule has 94 valence electrons. The first kappa shape index (κ1) is 12.6. The molecule has 1 atom stereocenters. The average Bonchev–Trinajstić information content (AvgIpc) is 2.78. The molecule has 0 saturated carbocycles. The first-order chi connectivity index (χ1) is 8.25. The lowest BCUT2D eigenvalue weighted by atomic mass is 9.99. The first-order valence-electron chi connectivity index (χ1n) is 6.64. The summed E-state index contributed by atoms with van der Waals surface area (Å²) in [6.07, 6.45) is 1.63. The van der Waals surface area contributed by atoms with Crippen molar-refractivity contribution in [3.8, 4) is 0 Å². The van der Waals surface area contributed by atoms with Crippen molar-refractivity contribution in [2.75, 3.05) is 26.2 Å². The quantitative estimate of drug-likeness (QED) is 0.775. The highest BCUT2D eigenvalue weighted by Crippen LogP contribution is 2.26. The van der Waals surface area contributed by atoms with E-state index in [1.165, 1.54) is 25.1 Å². The van der Waals surface area contributed by atoms with Gasteiger partial charge in [0.25, 0.3) is 0 Å². The minimum absolute atomic E-state index is 0.350. The maximum atomic E-state index is 5.60. The normalized spacial score (nSPS) is 21.2. The van der Waals surface area contributed by atoms with E-state index >= 15 is 0 Å². The summed E-state index contributed by atoms with van der Waals surface area (Å²) in [7, 11) is 0. The van der Waals surface area contributed by atoms with Crippen LogP contribution in [0.3, 0.4) is 0 Å². The van der Waals surface area contributed by atoms with Crippen molar-refractivity contribution < 1.29 is 4.74 Å². The van der Waals surface area contributed by atoms with Gasteiger partial charge >= 0.3 is 0 Å². The minimum Gasteiger partial charge on any atom is -0.377 e. The Balaban J connectivity index is 1.76. The highest BCUT2D eigenvalue weighted by molar-refractivity contribution is 5.20. The summed E-state index contributed by atoms with van der Waals surface area (Å²) < 4.78 is 5.60. The van der Waals surface area contributed by atoms with Crippen molar-refractivity contribution in [2.24, 2.45) is 0 Å². The fourth-order valence-corrected chi connectivity index (χ4v) is 2.45. The summed E-state index contributed by atoms with van der Waals surface area (Å²) in [5.74, 6) is 0.718. The van der Waals surface area contributed by atoms with Crippen LogP contribution < -0.4 is 0 Å². The molecule has 0 unspecified atom stereocenters. The highest BCUT2D eigenvalue weighted by atomic mass is 16.5. The van der Waals surface area contributed by atoms with Crippen LogP contribution >= 0.6 is 0 Å². The lowest BCUT2D eigenvalue weighted by Gasteiger charge is -2.17. The van der Waals surface area contributed by atoms with E-state index in [-0.39, 0.29) is 0 Å². The van der Waals surface area contributed by atoms with E-state index in [9.17, 15) is 0 Å². The van der Waals surface area contributed by atoms with Crippen LogP contribution in [0.15, 0.2) is 30.3 Å². The van der Waals surface area contributed by atoms with Crippen LogP contribution in [0.2, 0.25) is 0 Å². The molecule has 1 heterocycles. The van der Waals surface area contributed by atoms with Crippen LogP contribution in [0.25, 0.3) is 0 Å². The number of likely N-dealkylation sites (tertiary alicyclic amines) is 1. The Kier molecular flexibility index (Phi) is 4.57. The predicted molar refractivity (Wildman–Crippen MR) is 71.3 cm³/mol. The summed E-state index contributed by atoms with van der Waals surface area (Å²) in [5, 5.41) is 0. The molecule has 0 bridgehead atoms. The third-order valence-electron chi connectivity index (χ3n) is 3.40. The van der Waals surface area contributed by atoms with Gasteiger partial charge in [0.05, 0.1) is 12.7 Å². The zero-order chi connectivity index (χ0) is 12.1. The van der Waals surface area contributed by atoms with Gasteiger partial charge in [-0.3, -0.25) is 0 Å². The molecule has 1 aliphatic heterocycles. The molecule has 0 aromatic heterocycles. The first-order valence-corrected chi connectivity index (χ1v) is 6.64.